The third-order valence-electron chi connectivity index (χ3n) is 3.54. The Balaban J connectivity index is 1.90. The first kappa shape index (κ1) is 19.9. The highest BCUT2D eigenvalue weighted by Crippen LogP contribution is 2.14. The van der Waals surface area contributed by atoms with Gasteiger partial charge in [0, 0.05) is 24.7 Å². The number of amides is 2. The summed E-state index contributed by atoms with van der Waals surface area (Å²) in [6, 6.07) is 13.6. The van der Waals surface area contributed by atoms with Crippen molar-refractivity contribution in [3.8, 4) is 5.75 Å². The van der Waals surface area contributed by atoms with Gasteiger partial charge in [0.15, 0.2) is 0 Å². The molecule has 0 aromatic heterocycles. The minimum absolute atomic E-state index is 0.175. The van der Waals surface area contributed by atoms with Crippen LogP contribution in [0.2, 0.25) is 0 Å². The number of allylic oxidation sites excluding steroid dienone is 1. The predicted octanol–water partition coefficient (Wildman–Crippen LogP) is 3.45. The second-order valence-electron chi connectivity index (χ2n) is 5.80. The molecule has 0 unspecified atom stereocenters. The molecule has 2 aromatic carbocycles. The van der Waals surface area contributed by atoms with Crippen LogP contribution in [0.3, 0.4) is 0 Å². The van der Waals surface area contributed by atoms with E-state index < -0.39 is 5.97 Å². The average Bonchev–Trinajstić information content (AvgIpc) is 2.65. The highest BCUT2D eigenvalue weighted by atomic mass is 16.5. The summed E-state index contributed by atoms with van der Waals surface area (Å²) < 4.78 is 4.98. The van der Waals surface area contributed by atoms with Gasteiger partial charge in [0.1, 0.15) is 5.75 Å². The van der Waals surface area contributed by atoms with Gasteiger partial charge in [0.2, 0.25) is 5.91 Å². The van der Waals surface area contributed by atoms with Crippen LogP contribution in [-0.2, 0) is 16.1 Å². The SMILES string of the molecule is CC/C=C/C(=O)Nc1ccc(CNC(=O)c2cccc(OC(C)=O)c2)cc1. The molecule has 6 heteroatoms. The zero-order chi connectivity index (χ0) is 19.6. The molecule has 0 bridgehead atoms. The van der Waals surface area contributed by atoms with E-state index in [0.29, 0.717) is 23.5 Å². The molecule has 2 aromatic rings. The highest BCUT2D eigenvalue weighted by Gasteiger charge is 2.08. The van der Waals surface area contributed by atoms with Crippen LogP contribution >= 0.6 is 0 Å². The van der Waals surface area contributed by atoms with Gasteiger partial charge in [-0.25, -0.2) is 0 Å². The number of rotatable bonds is 7. The van der Waals surface area contributed by atoms with E-state index in [1.165, 1.54) is 19.1 Å². The second kappa shape index (κ2) is 9.91. The van der Waals surface area contributed by atoms with Crippen molar-refractivity contribution in [2.24, 2.45) is 0 Å². The van der Waals surface area contributed by atoms with Crippen molar-refractivity contribution in [2.45, 2.75) is 26.8 Å². The molecule has 0 spiro atoms. The van der Waals surface area contributed by atoms with Crippen molar-refractivity contribution in [3.05, 3.63) is 71.8 Å². The molecule has 0 fully saturated rings. The first-order valence-corrected chi connectivity index (χ1v) is 8.61. The molecule has 6 nitrogen and oxygen atoms in total. The topological polar surface area (TPSA) is 84.5 Å². The number of ether oxygens (including phenoxy) is 1. The fourth-order valence-electron chi connectivity index (χ4n) is 2.27. The number of anilines is 1. The summed E-state index contributed by atoms with van der Waals surface area (Å²) in [6.45, 7) is 3.60. The zero-order valence-electron chi connectivity index (χ0n) is 15.3. The van der Waals surface area contributed by atoms with E-state index in [9.17, 15) is 14.4 Å². The monoisotopic (exact) mass is 366 g/mol. The molecule has 0 aliphatic carbocycles. The predicted molar refractivity (Wildman–Crippen MR) is 103 cm³/mol. The van der Waals surface area contributed by atoms with Crippen molar-refractivity contribution < 1.29 is 19.1 Å². The summed E-state index contributed by atoms with van der Waals surface area (Å²) in [5.74, 6) is -0.561. The zero-order valence-corrected chi connectivity index (χ0v) is 15.3. The molecule has 2 amide bonds. The van der Waals surface area contributed by atoms with Crippen molar-refractivity contribution in [1.82, 2.24) is 5.32 Å². The van der Waals surface area contributed by atoms with E-state index in [2.05, 4.69) is 10.6 Å². The Kier molecular flexibility index (Phi) is 7.31. The average molecular weight is 366 g/mol. The summed E-state index contributed by atoms with van der Waals surface area (Å²) in [5, 5.41) is 5.57. The minimum Gasteiger partial charge on any atom is -0.427 e. The molecule has 0 radical (unpaired) electrons. The Bertz CT molecular complexity index is 842. The number of hydrogen-bond acceptors (Lipinski definition) is 4. The minimum atomic E-state index is -0.440. The van der Waals surface area contributed by atoms with Crippen LogP contribution in [0, 0.1) is 0 Å². The summed E-state index contributed by atoms with van der Waals surface area (Å²) in [4.78, 5) is 34.9. The van der Waals surface area contributed by atoms with E-state index in [-0.39, 0.29) is 11.8 Å². The highest BCUT2D eigenvalue weighted by molar-refractivity contribution is 5.99. The lowest BCUT2D eigenvalue weighted by Gasteiger charge is -2.08. The van der Waals surface area contributed by atoms with Gasteiger partial charge in [-0.05, 0) is 48.4 Å². The fraction of sp³-hybridized carbons (Fsp3) is 0.190. The van der Waals surface area contributed by atoms with E-state index in [1.54, 1.807) is 36.4 Å². The van der Waals surface area contributed by atoms with Crippen molar-refractivity contribution in [2.75, 3.05) is 5.32 Å². The molecule has 2 N–H and O–H groups in total. The summed E-state index contributed by atoms with van der Waals surface area (Å²) >= 11 is 0. The third kappa shape index (κ3) is 6.78. The van der Waals surface area contributed by atoms with Gasteiger partial charge < -0.3 is 15.4 Å². The van der Waals surface area contributed by atoms with Crippen LogP contribution in [0.4, 0.5) is 5.69 Å². The van der Waals surface area contributed by atoms with Gasteiger partial charge in [-0.2, -0.15) is 0 Å². The smallest absolute Gasteiger partial charge is 0.308 e. The number of benzene rings is 2. The Morgan fingerprint density at radius 3 is 2.48 bits per heavy atom. The molecule has 140 valence electrons. The van der Waals surface area contributed by atoms with Gasteiger partial charge in [-0.1, -0.05) is 31.2 Å². The van der Waals surface area contributed by atoms with Crippen LogP contribution in [0.15, 0.2) is 60.7 Å². The normalized spacial score (nSPS) is 10.4. The quantitative estimate of drug-likeness (QED) is 0.447. The van der Waals surface area contributed by atoms with Crippen LogP contribution < -0.4 is 15.4 Å². The first-order valence-electron chi connectivity index (χ1n) is 8.61. The molecule has 0 saturated heterocycles. The molecular formula is C21H22N2O4. The van der Waals surface area contributed by atoms with E-state index in [0.717, 1.165) is 12.0 Å². The Labute approximate surface area is 158 Å². The van der Waals surface area contributed by atoms with Gasteiger partial charge in [0.05, 0.1) is 0 Å². The lowest BCUT2D eigenvalue weighted by molar-refractivity contribution is -0.131. The maximum atomic E-state index is 12.3. The lowest BCUT2D eigenvalue weighted by Crippen LogP contribution is -2.22. The third-order valence-corrected chi connectivity index (χ3v) is 3.54. The molecule has 0 heterocycles. The molecule has 27 heavy (non-hydrogen) atoms. The maximum Gasteiger partial charge on any atom is 0.308 e. The van der Waals surface area contributed by atoms with Crippen molar-refractivity contribution in [1.29, 1.82) is 0 Å². The van der Waals surface area contributed by atoms with Gasteiger partial charge >= 0.3 is 5.97 Å². The molecule has 0 atom stereocenters. The van der Waals surface area contributed by atoms with E-state index in [4.69, 9.17) is 4.74 Å². The largest absolute Gasteiger partial charge is 0.427 e. The van der Waals surface area contributed by atoms with Crippen molar-refractivity contribution >= 4 is 23.5 Å². The Morgan fingerprint density at radius 2 is 1.81 bits per heavy atom. The number of carbonyl (C=O) groups excluding carboxylic acids is 3. The van der Waals surface area contributed by atoms with Crippen LogP contribution in [0.25, 0.3) is 0 Å². The number of nitrogens with one attached hydrogen (secondary N) is 2. The number of esters is 1. The van der Waals surface area contributed by atoms with E-state index >= 15 is 0 Å². The maximum absolute atomic E-state index is 12.3. The van der Waals surface area contributed by atoms with Gasteiger partial charge in [-0.15, -0.1) is 0 Å². The fourth-order valence-corrected chi connectivity index (χ4v) is 2.27. The van der Waals surface area contributed by atoms with Crippen LogP contribution in [0.5, 0.6) is 5.75 Å². The molecular weight excluding hydrogens is 344 g/mol. The molecule has 0 aliphatic rings. The summed E-state index contributed by atoms with van der Waals surface area (Å²) in [5.41, 5.74) is 1.98. The first-order chi connectivity index (χ1) is 13.0. The molecule has 0 aliphatic heterocycles. The number of hydrogen-bond donors (Lipinski definition) is 2. The lowest BCUT2D eigenvalue weighted by atomic mass is 10.1. The number of carbonyl (C=O) groups is 3. The Morgan fingerprint density at radius 1 is 1.07 bits per heavy atom. The Hall–Kier alpha value is -3.41. The van der Waals surface area contributed by atoms with E-state index in [1.807, 2.05) is 19.1 Å². The van der Waals surface area contributed by atoms with Crippen molar-refractivity contribution in [3.63, 3.8) is 0 Å². The standard InChI is InChI=1S/C21H22N2O4/c1-3-4-8-20(25)23-18-11-9-16(10-12-18)14-22-21(26)17-6-5-7-19(13-17)27-15(2)24/h4-13H,3,14H2,1-2H3,(H,22,26)(H,23,25)/b8-4+. The van der Waals surface area contributed by atoms with Crippen LogP contribution in [-0.4, -0.2) is 17.8 Å². The molecule has 2 rings (SSSR count). The van der Waals surface area contributed by atoms with Gasteiger partial charge in [-0.3, -0.25) is 14.4 Å². The second-order valence-corrected chi connectivity index (χ2v) is 5.80. The summed E-state index contributed by atoms with van der Waals surface area (Å²) in [6.07, 6.45) is 4.09. The van der Waals surface area contributed by atoms with Crippen LogP contribution in [0.1, 0.15) is 36.2 Å². The van der Waals surface area contributed by atoms with Gasteiger partial charge in [0.25, 0.3) is 5.91 Å². The summed E-state index contributed by atoms with van der Waals surface area (Å²) in [7, 11) is 0. The molecule has 0 saturated carbocycles.